The molecule has 0 bridgehead atoms. The molecule has 3 aromatic rings. The number of aromatic amines is 1. The molecule has 0 fully saturated rings. The highest BCUT2D eigenvalue weighted by atomic mass is 16.5. The molecule has 0 atom stereocenters. The molecule has 3 N–H and O–H groups in total. The molecular weight excluding hydrogens is 360 g/mol. The molecule has 0 aliphatic rings. The van der Waals surface area contributed by atoms with Gasteiger partial charge in [-0.2, -0.15) is 0 Å². The summed E-state index contributed by atoms with van der Waals surface area (Å²) in [6.45, 7) is -0.0417. The molecular formula is C21H18N2O5. The zero-order valence-corrected chi connectivity index (χ0v) is 15.1. The highest BCUT2D eigenvalue weighted by Crippen LogP contribution is 2.25. The Balaban J connectivity index is 1.80. The number of nitrogens with one attached hydrogen (secondary N) is 2. The Labute approximate surface area is 160 Å². The third kappa shape index (κ3) is 4.16. The van der Waals surface area contributed by atoms with Gasteiger partial charge in [0.1, 0.15) is 17.9 Å². The number of carbonyl (C=O) groups excluding carboxylic acids is 2. The molecule has 2 aromatic carbocycles. The van der Waals surface area contributed by atoms with Gasteiger partial charge in [0.2, 0.25) is 5.91 Å². The van der Waals surface area contributed by atoms with Gasteiger partial charge in [-0.3, -0.25) is 14.4 Å². The molecule has 0 aliphatic heterocycles. The van der Waals surface area contributed by atoms with E-state index in [-0.39, 0.29) is 23.8 Å². The van der Waals surface area contributed by atoms with Gasteiger partial charge in [0.15, 0.2) is 5.78 Å². The van der Waals surface area contributed by atoms with Crippen LogP contribution in [0.2, 0.25) is 0 Å². The number of H-pyrrole nitrogens is 1. The maximum Gasteiger partial charge on any atom is 0.263 e. The second kappa shape index (κ2) is 8.32. The van der Waals surface area contributed by atoms with Gasteiger partial charge in [-0.1, -0.05) is 30.3 Å². The van der Waals surface area contributed by atoms with E-state index < -0.39 is 11.3 Å². The van der Waals surface area contributed by atoms with E-state index in [0.717, 1.165) is 0 Å². The van der Waals surface area contributed by atoms with Crippen LogP contribution in [0.25, 0.3) is 17.0 Å². The van der Waals surface area contributed by atoms with Gasteiger partial charge in [0.05, 0.1) is 5.52 Å². The Hall–Kier alpha value is -3.71. The summed E-state index contributed by atoms with van der Waals surface area (Å²) in [6.07, 6.45) is 2.74. The number of ether oxygens (including phenoxy) is 1. The molecule has 0 saturated carbocycles. The first-order valence-corrected chi connectivity index (χ1v) is 8.45. The molecule has 1 heterocycles. The Morgan fingerprint density at radius 1 is 1.14 bits per heavy atom. The number of pyridine rings is 1. The van der Waals surface area contributed by atoms with Crippen LogP contribution >= 0.6 is 0 Å². The van der Waals surface area contributed by atoms with Crippen LogP contribution in [0.1, 0.15) is 15.9 Å². The summed E-state index contributed by atoms with van der Waals surface area (Å²) in [7, 11) is 1.43. The molecule has 1 amide bonds. The lowest BCUT2D eigenvalue weighted by Gasteiger charge is -2.05. The topological polar surface area (TPSA) is 108 Å². The molecule has 0 radical (unpaired) electrons. The highest BCUT2D eigenvalue weighted by molar-refractivity contribution is 6.11. The summed E-state index contributed by atoms with van der Waals surface area (Å²) in [5.41, 5.74) is 0.779. The predicted molar refractivity (Wildman–Crippen MR) is 107 cm³/mol. The van der Waals surface area contributed by atoms with E-state index in [1.165, 1.54) is 19.3 Å². The first-order chi connectivity index (χ1) is 13.5. The SMILES string of the molecule is COCC(=O)Nc1ccc(/C=C/C(=O)c2c(O)c3ccccc3[nH]c2=O)cc1. The van der Waals surface area contributed by atoms with Gasteiger partial charge in [-0.05, 0) is 35.9 Å². The molecule has 0 spiro atoms. The van der Waals surface area contributed by atoms with E-state index in [1.54, 1.807) is 48.5 Å². The maximum absolute atomic E-state index is 12.4. The van der Waals surface area contributed by atoms with E-state index in [1.807, 2.05) is 0 Å². The molecule has 0 unspecified atom stereocenters. The van der Waals surface area contributed by atoms with Crippen molar-refractivity contribution in [1.29, 1.82) is 0 Å². The number of benzene rings is 2. The van der Waals surface area contributed by atoms with Crippen LogP contribution in [0.3, 0.4) is 0 Å². The lowest BCUT2D eigenvalue weighted by Crippen LogP contribution is -2.17. The third-order valence-corrected chi connectivity index (χ3v) is 4.04. The number of ketones is 1. The average Bonchev–Trinajstić information content (AvgIpc) is 2.67. The van der Waals surface area contributed by atoms with E-state index in [0.29, 0.717) is 22.2 Å². The van der Waals surface area contributed by atoms with Crippen LogP contribution in [-0.2, 0) is 9.53 Å². The van der Waals surface area contributed by atoms with Gasteiger partial charge in [-0.15, -0.1) is 0 Å². The number of fused-ring (bicyclic) bond motifs is 1. The molecule has 7 nitrogen and oxygen atoms in total. The smallest absolute Gasteiger partial charge is 0.263 e. The van der Waals surface area contributed by atoms with E-state index in [4.69, 9.17) is 4.74 Å². The fourth-order valence-corrected chi connectivity index (χ4v) is 2.72. The van der Waals surface area contributed by atoms with Gasteiger partial charge in [0, 0.05) is 18.2 Å². The van der Waals surface area contributed by atoms with Crippen molar-refractivity contribution >= 4 is 34.4 Å². The largest absolute Gasteiger partial charge is 0.506 e. The Morgan fingerprint density at radius 2 is 1.86 bits per heavy atom. The van der Waals surface area contributed by atoms with Gasteiger partial charge < -0.3 is 20.1 Å². The standard InChI is InChI=1S/C21H18N2O5/c1-28-12-18(25)22-14-9-6-13(7-10-14)8-11-17(24)19-20(26)15-4-2-3-5-16(15)23-21(19)27/h2-11H,12H2,1H3,(H,22,25)(H2,23,26,27)/b11-8+. The zero-order valence-electron chi connectivity index (χ0n) is 15.1. The Kier molecular flexibility index (Phi) is 5.67. The van der Waals surface area contributed by atoms with Crippen LogP contribution in [0.15, 0.2) is 59.4 Å². The number of rotatable bonds is 6. The van der Waals surface area contributed by atoms with Gasteiger partial charge in [-0.25, -0.2) is 0 Å². The van der Waals surface area contributed by atoms with Crippen molar-refractivity contribution in [1.82, 2.24) is 4.98 Å². The molecule has 28 heavy (non-hydrogen) atoms. The van der Waals surface area contributed by atoms with Crippen molar-refractivity contribution in [2.45, 2.75) is 0 Å². The number of para-hydroxylation sites is 1. The number of hydrogen-bond donors (Lipinski definition) is 3. The number of aromatic nitrogens is 1. The first kappa shape index (κ1) is 19.1. The molecule has 0 aliphatic carbocycles. The number of methoxy groups -OCH3 is 1. The van der Waals surface area contributed by atoms with Crippen LogP contribution in [0, 0.1) is 0 Å². The quantitative estimate of drug-likeness (QED) is 0.451. The molecule has 1 aromatic heterocycles. The second-order valence-corrected chi connectivity index (χ2v) is 6.02. The number of amides is 1. The van der Waals surface area contributed by atoms with Crippen molar-refractivity contribution in [3.63, 3.8) is 0 Å². The Bertz CT molecular complexity index is 1110. The highest BCUT2D eigenvalue weighted by Gasteiger charge is 2.16. The number of allylic oxidation sites excluding steroid dienone is 1. The summed E-state index contributed by atoms with van der Waals surface area (Å²) in [5.74, 6) is -1.22. The van der Waals surface area contributed by atoms with Crippen LogP contribution < -0.4 is 10.9 Å². The first-order valence-electron chi connectivity index (χ1n) is 8.45. The second-order valence-electron chi connectivity index (χ2n) is 6.02. The number of aromatic hydroxyl groups is 1. The minimum Gasteiger partial charge on any atom is -0.506 e. The summed E-state index contributed by atoms with van der Waals surface area (Å²) in [4.78, 5) is 38.7. The number of carbonyl (C=O) groups is 2. The molecule has 3 rings (SSSR count). The average molecular weight is 378 g/mol. The van der Waals surface area contributed by atoms with Crippen LogP contribution in [-0.4, -0.2) is 35.5 Å². The van der Waals surface area contributed by atoms with Crippen molar-refractivity contribution in [3.05, 3.63) is 76.1 Å². The number of anilines is 1. The van der Waals surface area contributed by atoms with E-state index in [9.17, 15) is 19.5 Å². The fourth-order valence-electron chi connectivity index (χ4n) is 2.72. The van der Waals surface area contributed by atoms with Crippen molar-refractivity contribution < 1.29 is 19.4 Å². The minimum absolute atomic E-state index is 0.0417. The third-order valence-electron chi connectivity index (χ3n) is 4.04. The van der Waals surface area contributed by atoms with Crippen LogP contribution in [0.4, 0.5) is 5.69 Å². The fraction of sp³-hybridized carbons (Fsp3) is 0.0952. The predicted octanol–water partition coefficient (Wildman–Crippen LogP) is 2.71. The van der Waals surface area contributed by atoms with Crippen molar-refractivity contribution in [3.8, 4) is 5.75 Å². The van der Waals surface area contributed by atoms with E-state index >= 15 is 0 Å². The maximum atomic E-state index is 12.4. The summed E-state index contributed by atoms with van der Waals surface area (Å²) < 4.78 is 4.74. The lowest BCUT2D eigenvalue weighted by molar-refractivity contribution is -0.119. The van der Waals surface area contributed by atoms with Crippen molar-refractivity contribution in [2.24, 2.45) is 0 Å². The van der Waals surface area contributed by atoms with Crippen molar-refractivity contribution in [2.75, 3.05) is 19.0 Å². The van der Waals surface area contributed by atoms with Gasteiger partial charge >= 0.3 is 0 Å². The monoisotopic (exact) mass is 378 g/mol. The van der Waals surface area contributed by atoms with Gasteiger partial charge in [0.25, 0.3) is 5.56 Å². The summed E-state index contributed by atoms with van der Waals surface area (Å²) in [5, 5.41) is 13.4. The van der Waals surface area contributed by atoms with E-state index in [2.05, 4.69) is 10.3 Å². The zero-order chi connectivity index (χ0) is 20.1. The summed E-state index contributed by atoms with van der Waals surface area (Å²) >= 11 is 0. The lowest BCUT2D eigenvalue weighted by atomic mass is 10.1. The summed E-state index contributed by atoms with van der Waals surface area (Å²) in [6, 6.07) is 13.5. The molecule has 7 heteroatoms. The molecule has 142 valence electrons. The normalized spacial score (nSPS) is 11.0. The Morgan fingerprint density at radius 3 is 2.57 bits per heavy atom. The number of hydrogen-bond acceptors (Lipinski definition) is 5. The molecule has 0 saturated heterocycles. The minimum atomic E-state index is -0.651. The van der Waals surface area contributed by atoms with Crippen LogP contribution in [0.5, 0.6) is 5.75 Å².